The van der Waals surface area contributed by atoms with Crippen molar-refractivity contribution in [2.45, 2.75) is 25.3 Å². The predicted molar refractivity (Wildman–Crippen MR) is 132 cm³/mol. The van der Waals surface area contributed by atoms with Crippen LogP contribution in [-0.2, 0) is 19.9 Å². The average Bonchev–Trinajstić information content (AvgIpc) is 3.18. The van der Waals surface area contributed by atoms with Crippen LogP contribution in [0.4, 0.5) is 5.69 Å². The zero-order valence-electron chi connectivity index (χ0n) is 19.5. The van der Waals surface area contributed by atoms with Crippen LogP contribution < -0.4 is 4.90 Å². The van der Waals surface area contributed by atoms with Crippen LogP contribution >= 0.6 is 11.6 Å². The Kier molecular flexibility index (Phi) is 6.51. The Morgan fingerprint density at radius 2 is 1.71 bits per heavy atom. The summed E-state index contributed by atoms with van der Waals surface area (Å²) in [7, 11) is 3.84. The van der Waals surface area contributed by atoms with Crippen molar-refractivity contribution in [3.05, 3.63) is 70.3 Å². The number of halogens is 1. The SMILES string of the molecule is CCCN1C(=O)C2(/C(=C(\O)c3ccc(Cl)cc3)C(=O)C(=O)N2CCCN(C)C)c2ccccc21. The molecule has 0 saturated carbocycles. The molecule has 0 radical (unpaired) electrons. The molecular weight excluding hydrogens is 454 g/mol. The fraction of sp³-hybridized carbons (Fsp3) is 0.346. The van der Waals surface area contributed by atoms with E-state index in [0.29, 0.717) is 47.8 Å². The number of para-hydroxylation sites is 1. The lowest BCUT2D eigenvalue weighted by atomic mass is 9.82. The molecule has 0 aliphatic carbocycles. The molecule has 1 fully saturated rings. The van der Waals surface area contributed by atoms with E-state index in [-0.39, 0.29) is 17.9 Å². The van der Waals surface area contributed by atoms with Gasteiger partial charge in [-0.1, -0.05) is 36.7 Å². The molecule has 2 aliphatic rings. The second kappa shape index (κ2) is 9.24. The third-order valence-electron chi connectivity index (χ3n) is 6.36. The lowest BCUT2D eigenvalue weighted by molar-refractivity contribution is -0.143. The van der Waals surface area contributed by atoms with Crippen molar-refractivity contribution >= 4 is 40.6 Å². The lowest BCUT2D eigenvalue weighted by Crippen LogP contribution is -2.52. The van der Waals surface area contributed by atoms with E-state index < -0.39 is 23.1 Å². The zero-order valence-corrected chi connectivity index (χ0v) is 20.3. The van der Waals surface area contributed by atoms with Crippen molar-refractivity contribution < 1.29 is 19.5 Å². The van der Waals surface area contributed by atoms with Crippen molar-refractivity contribution in [3.8, 4) is 0 Å². The van der Waals surface area contributed by atoms with Gasteiger partial charge in [-0.15, -0.1) is 0 Å². The number of ketones is 1. The normalized spacial score (nSPS) is 21.3. The minimum atomic E-state index is -1.71. The summed E-state index contributed by atoms with van der Waals surface area (Å²) in [6, 6.07) is 13.5. The Balaban J connectivity index is 1.99. The fourth-order valence-corrected chi connectivity index (χ4v) is 5.04. The second-order valence-corrected chi connectivity index (χ2v) is 9.29. The largest absolute Gasteiger partial charge is 0.507 e. The maximum atomic E-state index is 14.2. The number of hydrogen-bond acceptors (Lipinski definition) is 5. The quantitative estimate of drug-likeness (QED) is 0.371. The van der Waals surface area contributed by atoms with Crippen molar-refractivity contribution in [2.75, 3.05) is 38.6 Å². The van der Waals surface area contributed by atoms with Crippen LogP contribution in [0.5, 0.6) is 0 Å². The minimum absolute atomic E-state index is 0.194. The van der Waals surface area contributed by atoms with Gasteiger partial charge in [0.2, 0.25) is 0 Å². The number of amides is 2. The monoisotopic (exact) mass is 481 g/mol. The number of rotatable bonds is 7. The Morgan fingerprint density at radius 3 is 2.35 bits per heavy atom. The van der Waals surface area contributed by atoms with E-state index in [1.807, 2.05) is 38.1 Å². The van der Waals surface area contributed by atoms with Gasteiger partial charge in [0.15, 0.2) is 5.54 Å². The fourth-order valence-electron chi connectivity index (χ4n) is 4.91. The Morgan fingerprint density at radius 1 is 1.03 bits per heavy atom. The van der Waals surface area contributed by atoms with Gasteiger partial charge in [-0.25, -0.2) is 0 Å². The van der Waals surface area contributed by atoms with E-state index in [0.717, 1.165) is 0 Å². The molecule has 1 spiro atoms. The number of likely N-dealkylation sites (tertiary alicyclic amines) is 1. The summed E-state index contributed by atoms with van der Waals surface area (Å²) in [5.74, 6) is -2.42. The molecule has 2 heterocycles. The van der Waals surface area contributed by atoms with E-state index in [1.54, 1.807) is 41.3 Å². The molecule has 2 aromatic rings. The van der Waals surface area contributed by atoms with Gasteiger partial charge in [0.05, 0.1) is 11.3 Å². The number of aliphatic hydroxyl groups excluding tert-OH is 1. The number of fused-ring (bicyclic) bond motifs is 2. The third-order valence-corrected chi connectivity index (χ3v) is 6.61. The molecule has 2 amide bonds. The molecule has 1 unspecified atom stereocenters. The highest BCUT2D eigenvalue weighted by molar-refractivity contribution is 6.50. The summed E-state index contributed by atoms with van der Waals surface area (Å²) in [6.45, 7) is 3.26. The molecule has 2 aromatic carbocycles. The van der Waals surface area contributed by atoms with Gasteiger partial charge in [0, 0.05) is 29.2 Å². The average molecular weight is 482 g/mol. The topological polar surface area (TPSA) is 81.2 Å². The molecule has 0 bridgehead atoms. The first-order chi connectivity index (χ1) is 16.2. The number of aliphatic hydroxyl groups is 1. The summed E-state index contributed by atoms with van der Waals surface area (Å²) in [4.78, 5) is 46.0. The van der Waals surface area contributed by atoms with Crippen LogP contribution in [0, 0.1) is 0 Å². The van der Waals surface area contributed by atoms with Gasteiger partial charge in [-0.05, 0) is 63.8 Å². The molecular formula is C26H28ClN3O4. The first kappa shape index (κ1) is 24.0. The summed E-state index contributed by atoms with van der Waals surface area (Å²) in [5, 5.41) is 11.8. The number of benzene rings is 2. The highest BCUT2D eigenvalue weighted by Crippen LogP contribution is 2.53. The first-order valence-electron chi connectivity index (χ1n) is 11.4. The summed E-state index contributed by atoms with van der Waals surface area (Å²) in [5.41, 5.74) is -0.408. The molecule has 1 atom stereocenters. The van der Waals surface area contributed by atoms with Crippen LogP contribution in [0.1, 0.15) is 30.9 Å². The Labute approximate surface area is 204 Å². The standard InChI is InChI=1S/C26H28ClN3O4/c1-4-14-29-20-9-6-5-8-19(20)26(25(29)34)21(22(31)17-10-12-18(27)13-11-17)23(32)24(33)30(26)16-7-15-28(2)3/h5-6,8-13,31H,4,7,14-16H2,1-3H3/b22-21-. The smallest absolute Gasteiger partial charge is 0.296 e. The summed E-state index contributed by atoms with van der Waals surface area (Å²) < 4.78 is 0. The van der Waals surface area contributed by atoms with E-state index in [2.05, 4.69) is 0 Å². The van der Waals surface area contributed by atoms with Gasteiger partial charge in [-0.3, -0.25) is 14.4 Å². The number of anilines is 1. The third kappa shape index (κ3) is 3.60. The Bertz CT molecular complexity index is 1170. The molecule has 1 saturated heterocycles. The lowest BCUT2D eigenvalue weighted by Gasteiger charge is -2.34. The van der Waals surface area contributed by atoms with E-state index in [1.165, 1.54) is 4.90 Å². The number of Topliss-reactive ketones (excluding diaryl/α,β-unsaturated/α-hetero) is 1. The van der Waals surface area contributed by atoms with Gasteiger partial charge in [0.25, 0.3) is 17.6 Å². The van der Waals surface area contributed by atoms with Crippen molar-refractivity contribution in [2.24, 2.45) is 0 Å². The number of nitrogens with zero attached hydrogens (tertiary/aromatic N) is 3. The molecule has 178 valence electrons. The van der Waals surface area contributed by atoms with E-state index >= 15 is 0 Å². The number of carbonyl (C=O) groups excluding carboxylic acids is 3. The summed E-state index contributed by atoms with van der Waals surface area (Å²) >= 11 is 6.01. The summed E-state index contributed by atoms with van der Waals surface area (Å²) in [6.07, 6.45) is 1.26. The van der Waals surface area contributed by atoms with Crippen LogP contribution in [0.3, 0.4) is 0 Å². The molecule has 2 aliphatic heterocycles. The predicted octanol–water partition coefficient (Wildman–Crippen LogP) is 3.62. The van der Waals surface area contributed by atoms with Crippen LogP contribution in [-0.4, -0.2) is 66.2 Å². The van der Waals surface area contributed by atoms with E-state index in [4.69, 9.17) is 11.6 Å². The van der Waals surface area contributed by atoms with Crippen molar-refractivity contribution in [3.63, 3.8) is 0 Å². The molecule has 4 rings (SSSR count). The van der Waals surface area contributed by atoms with Gasteiger partial charge < -0.3 is 19.8 Å². The zero-order chi connectivity index (χ0) is 24.6. The van der Waals surface area contributed by atoms with Gasteiger partial charge in [0.1, 0.15) is 5.76 Å². The van der Waals surface area contributed by atoms with Crippen molar-refractivity contribution in [1.29, 1.82) is 0 Å². The molecule has 8 heteroatoms. The first-order valence-corrected chi connectivity index (χ1v) is 11.7. The molecule has 0 aromatic heterocycles. The highest BCUT2D eigenvalue weighted by Gasteiger charge is 2.66. The van der Waals surface area contributed by atoms with Gasteiger partial charge >= 0.3 is 0 Å². The molecule has 7 nitrogen and oxygen atoms in total. The highest BCUT2D eigenvalue weighted by atomic mass is 35.5. The van der Waals surface area contributed by atoms with Crippen LogP contribution in [0.2, 0.25) is 5.02 Å². The van der Waals surface area contributed by atoms with Crippen LogP contribution in [0.15, 0.2) is 54.1 Å². The van der Waals surface area contributed by atoms with Crippen molar-refractivity contribution in [1.82, 2.24) is 9.80 Å². The van der Waals surface area contributed by atoms with E-state index in [9.17, 15) is 19.5 Å². The molecule has 34 heavy (non-hydrogen) atoms. The maximum Gasteiger partial charge on any atom is 0.296 e. The second-order valence-electron chi connectivity index (χ2n) is 8.86. The van der Waals surface area contributed by atoms with Crippen LogP contribution in [0.25, 0.3) is 5.76 Å². The minimum Gasteiger partial charge on any atom is -0.507 e. The van der Waals surface area contributed by atoms with Gasteiger partial charge in [-0.2, -0.15) is 0 Å². The molecule has 1 N–H and O–H groups in total. The number of carbonyl (C=O) groups is 3. The Hall–Kier alpha value is -3.16. The number of hydrogen-bond donors (Lipinski definition) is 1. The maximum absolute atomic E-state index is 14.2.